The van der Waals surface area contributed by atoms with Gasteiger partial charge in [0.2, 0.25) is 5.95 Å². The Balaban J connectivity index is 2.34. The molecule has 22 heavy (non-hydrogen) atoms. The molecule has 2 aromatic rings. The SMILES string of the molecule is CCOCC(=O)Nc1cc(C)nn1-c1nc(CC)cc(=O)[nH]1. The molecule has 118 valence electrons. The van der Waals surface area contributed by atoms with E-state index in [0.717, 1.165) is 0 Å². The van der Waals surface area contributed by atoms with Gasteiger partial charge in [-0.3, -0.25) is 14.6 Å². The summed E-state index contributed by atoms with van der Waals surface area (Å²) in [6.45, 7) is 5.92. The summed E-state index contributed by atoms with van der Waals surface area (Å²) in [5.74, 6) is 0.403. The number of carbonyl (C=O) groups is 1. The van der Waals surface area contributed by atoms with E-state index < -0.39 is 0 Å². The number of aromatic nitrogens is 4. The second kappa shape index (κ2) is 6.99. The minimum Gasteiger partial charge on any atom is -0.372 e. The van der Waals surface area contributed by atoms with E-state index >= 15 is 0 Å². The summed E-state index contributed by atoms with van der Waals surface area (Å²) in [4.78, 5) is 30.4. The fourth-order valence-electron chi connectivity index (χ4n) is 1.90. The molecule has 1 amide bonds. The molecule has 0 bridgehead atoms. The van der Waals surface area contributed by atoms with Gasteiger partial charge in [-0.25, -0.2) is 4.98 Å². The zero-order valence-electron chi connectivity index (χ0n) is 12.8. The molecule has 2 rings (SSSR count). The third-order valence-corrected chi connectivity index (χ3v) is 2.88. The molecular formula is C14H19N5O3. The third-order valence-electron chi connectivity index (χ3n) is 2.88. The minimum absolute atomic E-state index is 0.0420. The van der Waals surface area contributed by atoms with Crippen LogP contribution in [0, 0.1) is 6.92 Å². The van der Waals surface area contributed by atoms with Crippen LogP contribution in [0.5, 0.6) is 0 Å². The van der Waals surface area contributed by atoms with Gasteiger partial charge >= 0.3 is 0 Å². The van der Waals surface area contributed by atoms with Crippen LogP contribution in [0.4, 0.5) is 5.82 Å². The van der Waals surface area contributed by atoms with Crippen molar-refractivity contribution in [3.8, 4) is 5.95 Å². The molecule has 0 saturated heterocycles. The highest BCUT2D eigenvalue weighted by atomic mass is 16.5. The van der Waals surface area contributed by atoms with E-state index in [2.05, 4.69) is 20.4 Å². The first-order valence-corrected chi connectivity index (χ1v) is 7.08. The quantitative estimate of drug-likeness (QED) is 0.822. The first-order chi connectivity index (χ1) is 10.5. The van der Waals surface area contributed by atoms with E-state index in [1.807, 2.05) is 13.8 Å². The van der Waals surface area contributed by atoms with Crippen molar-refractivity contribution in [1.29, 1.82) is 0 Å². The van der Waals surface area contributed by atoms with Crippen LogP contribution in [0.2, 0.25) is 0 Å². The maximum Gasteiger partial charge on any atom is 0.252 e. The Kier molecular flexibility index (Phi) is 5.05. The molecule has 0 fully saturated rings. The van der Waals surface area contributed by atoms with Crippen molar-refractivity contribution in [3.05, 3.63) is 33.9 Å². The van der Waals surface area contributed by atoms with Crippen LogP contribution >= 0.6 is 0 Å². The lowest BCUT2D eigenvalue weighted by molar-refractivity contribution is -0.120. The predicted octanol–water partition coefficient (Wildman–Crippen LogP) is 0.801. The van der Waals surface area contributed by atoms with Gasteiger partial charge in [-0.15, -0.1) is 0 Å². The lowest BCUT2D eigenvalue weighted by Gasteiger charge is -2.08. The zero-order chi connectivity index (χ0) is 16.1. The summed E-state index contributed by atoms with van der Waals surface area (Å²) in [6.07, 6.45) is 0.628. The standard InChI is InChI=1S/C14H19N5O3/c1-4-10-7-12(20)17-14(15-10)19-11(6-9(3)18-19)16-13(21)8-22-5-2/h6-7H,4-5,8H2,1-3H3,(H,16,21)(H,15,17,20). The van der Waals surface area contributed by atoms with Gasteiger partial charge < -0.3 is 10.1 Å². The number of amides is 1. The highest BCUT2D eigenvalue weighted by Crippen LogP contribution is 2.14. The van der Waals surface area contributed by atoms with Gasteiger partial charge in [-0.1, -0.05) is 6.92 Å². The first-order valence-electron chi connectivity index (χ1n) is 7.08. The van der Waals surface area contributed by atoms with E-state index in [-0.39, 0.29) is 24.0 Å². The molecule has 0 unspecified atom stereocenters. The van der Waals surface area contributed by atoms with Gasteiger partial charge in [0, 0.05) is 24.4 Å². The van der Waals surface area contributed by atoms with Crippen LogP contribution in [0.15, 0.2) is 16.9 Å². The van der Waals surface area contributed by atoms with Crippen LogP contribution in [-0.2, 0) is 16.0 Å². The van der Waals surface area contributed by atoms with Gasteiger partial charge in [-0.2, -0.15) is 9.78 Å². The number of ether oxygens (including phenoxy) is 1. The molecule has 0 radical (unpaired) electrons. The summed E-state index contributed by atoms with van der Waals surface area (Å²) in [6, 6.07) is 3.13. The summed E-state index contributed by atoms with van der Waals surface area (Å²) in [7, 11) is 0. The Morgan fingerprint density at radius 3 is 2.86 bits per heavy atom. The molecule has 2 N–H and O–H groups in total. The van der Waals surface area contributed by atoms with E-state index in [4.69, 9.17) is 4.74 Å². The maximum absolute atomic E-state index is 11.8. The average Bonchev–Trinajstić information content (AvgIpc) is 2.85. The van der Waals surface area contributed by atoms with Crippen LogP contribution in [0.3, 0.4) is 0 Å². The van der Waals surface area contributed by atoms with Crippen LogP contribution in [0.25, 0.3) is 5.95 Å². The van der Waals surface area contributed by atoms with Crippen LogP contribution in [-0.4, -0.2) is 38.9 Å². The van der Waals surface area contributed by atoms with Gasteiger partial charge in [0.1, 0.15) is 12.4 Å². The number of nitrogens with zero attached hydrogens (tertiary/aromatic N) is 3. The smallest absolute Gasteiger partial charge is 0.252 e. The van der Waals surface area contributed by atoms with Crippen molar-refractivity contribution >= 4 is 11.7 Å². The fourth-order valence-corrected chi connectivity index (χ4v) is 1.90. The highest BCUT2D eigenvalue weighted by Gasteiger charge is 2.13. The van der Waals surface area contributed by atoms with Gasteiger partial charge in [0.05, 0.1) is 5.69 Å². The Bertz CT molecular complexity index is 720. The maximum atomic E-state index is 11.8. The Labute approximate surface area is 127 Å². The predicted molar refractivity (Wildman–Crippen MR) is 81.2 cm³/mol. The van der Waals surface area contributed by atoms with Gasteiger partial charge in [-0.05, 0) is 20.3 Å². The van der Waals surface area contributed by atoms with Crippen LogP contribution < -0.4 is 10.9 Å². The minimum atomic E-state index is -0.294. The first kappa shape index (κ1) is 15.9. The lowest BCUT2D eigenvalue weighted by Crippen LogP contribution is -2.22. The topological polar surface area (TPSA) is 102 Å². The Morgan fingerprint density at radius 1 is 1.41 bits per heavy atom. The van der Waals surface area contributed by atoms with Crippen molar-refractivity contribution in [3.63, 3.8) is 0 Å². The lowest BCUT2D eigenvalue weighted by atomic mass is 10.3. The summed E-state index contributed by atoms with van der Waals surface area (Å²) in [5, 5.41) is 6.96. The van der Waals surface area contributed by atoms with Crippen molar-refractivity contribution in [1.82, 2.24) is 19.7 Å². The molecule has 8 heteroatoms. The van der Waals surface area contributed by atoms with E-state index in [0.29, 0.717) is 30.2 Å². The molecule has 2 aromatic heterocycles. The molecule has 0 saturated carbocycles. The van der Waals surface area contributed by atoms with Gasteiger partial charge in [0.15, 0.2) is 0 Å². The molecule has 0 aliphatic heterocycles. The monoisotopic (exact) mass is 305 g/mol. The van der Waals surface area contributed by atoms with Crippen LogP contribution in [0.1, 0.15) is 25.2 Å². The zero-order valence-corrected chi connectivity index (χ0v) is 12.8. The van der Waals surface area contributed by atoms with E-state index in [1.54, 1.807) is 13.0 Å². The molecule has 0 aromatic carbocycles. The van der Waals surface area contributed by atoms with Crippen molar-refractivity contribution in [2.75, 3.05) is 18.5 Å². The van der Waals surface area contributed by atoms with Crippen molar-refractivity contribution in [2.24, 2.45) is 0 Å². The van der Waals surface area contributed by atoms with E-state index in [1.165, 1.54) is 10.7 Å². The Hall–Kier alpha value is -2.48. The third kappa shape index (κ3) is 3.79. The Morgan fingerprint density at radius 2 is 2.18 bits per heavy atom. The second-order valence-corrected chi connectivity index (χ2v) is 4.68. The number of rotatable bonds is 6. The molecule has 0 aliphatic rings. The average molecular weight is 305 g/mol. The van der Waals surface area contributed by atoms with Crippen molar-refractivity contribution < 1.29 is 9.53 Å². The van der Waals surface area contributed by atoms with E-state index in [9.17, 15) is 9.59 Å². The molecule has 0 atom stereocenters. The molecule has 8 nitrogen and oxygen atoms in total. The number of H-pyrrole nitrogens is 1. The molecule has 2 heterocycles. The highest BCUT2D eigenvalue weighted by molar-refractivity contribution is 5.91. The summed E-state index contributed by atoms with van der Waals surface area (Å²) < 4.78 is 6.46. The van der Waals surface area contributed by atoms with Gasteiger partial charge in [0.25, 0.3) is 11.5 Å². The molecule has 0 aliphatic carbocycles. The largest absolute Gasteiger partial charge is 0.372 e. The number of hydrogen-bond acceptors (Lipinski definition) is 5. The second-order valence-electron chi connectivity index (χ2n) is 4.68. The fraction of sp³-hybridized carbons (Fsp3) is 0.429. The number of carbonyl (C=O) groups excluding carboxylic acids is 1. The number of nitrogens with one attached hydrogen (secondary N) is 2. The number of hydrogen-bond donors (Lipinski definition) is 2. The number of aryl methyl sites for hydroxylation is 2. The number of anilines is 1. The summed E-state index contributed by atoms with van der Waals surface area (Å²) in [5.41, 5.74) is 1.08. The normalized spacial score (nSPS) is 10.7. The molecular weight excluding hydrogens is 286 g/mol. The number of aromatic amines is 1. The molecule has 0 spiro atoms. The summed E-state index contributed by atoms with van der Waals surface area (Å²) >= 11 is 0. The van der Waals surface area contributed by atoms with Crippen molar-refractivity contribution in [2.45, 2.75) is 27.2 Å².